The summed E-state index contributed by atoms with van der Waals surface area (Å²) in [5.41, 5.74) is -0.461. The first-order valence-electron chi connectivity index (χ1n) is 6.42. The van der Waals surface area contributed by atoms with Crippen molar-refractivity contribution in [3.63, 3.8) is 0 Å². The van der Waals surface area contributed by atoms with Gasteiger partial charge in [0, 0.05) is 6.08 Å². The molecule has 0 unspecified atom stereocenters. The van der Waals surface area contributed by atoms with Crippen LogP contribution in [0.2, 0.25) is 10.0 Å². The summed E-state index contributed by atoms with van der Waals surface area (Å²) < 4.78 is 43.5. The number of carboxylic acids is 1. The van der Waals surface area contributed by atoms with E-state index in [4.69, 9.17) is 33.0 Å². The van der Waals surface area contributed by atoms with E-state index in [1.54, 1.807) is 12.1 Å². The van der Waals surface area contributed by atoms with Crippen molar-refractivity contribution in [1.82, 2.24) is 0 Å². The van der Waals surface area contributed by atoms with Crippen LogP contribution in [0, 0.1) is 0 Å². The van der Waals surface area contributed by atoms with Crippen LogP contribution in [-0.4, -0.2) is 11.1 Å². The number of alkyl halides is 3. The highest BCUT2D eigenvalue weighted by atomic mass is 35.5. The van der Waals surface area contributed by atoms with Crippen LogP contribution in [-0.2, 0) is 11.0 Å². The Balaban J connectivity index is 2.32. The molecule has 8 heteroatoms. The molecule has 24 heavy (non-hydrogen) atoms. The Morgan fingerprint density at radius 3 is 2.29 bits per heavy atom. The van der Waals surface area contributed by atoms with E-state index >= 15 is 0 Å². The van der Waals surface area contributed by atoms with Crippen molar-refractivity contribution in [2.45, 2.75) is 6.18 Å². The van der Waals surface area contributed by atoms with E-state index < -0.39 is 17.7 Å². The van der Waals surface area contributed by atoms with Gasteiger partial charge in [0.25, 0.3) is 0 Å². The number of aliphatic carboxylic acids is 1. The highest BCUT2D eigenvalue weighted by molar-refractivity contribution is 6.37. The molecule has 0 radical (unpaired) electrons. The maximum absolute atomic E-state index is 12.7. The number of hydrogen-bond acceptors (Lipinski definition) is 2. The highest BCUT2D eigenvalue weighted by Gasteiger charge is 2.32. The molecule has 0 aliphatic carbocycles. The number of carbonyl (C=O) groups is 1. The van der Waals surface area contributed by atoms with E-state index in [1.165, 1.54) is 18.2 Å². The Morgan fingerprint density at radius 1 is 1.12 bits per heavy atom. The monoisotopic (exact) mass is 376 g/mol. The van der Waals surface area contributed by atoms with E-state index in [0.29, 0.717) is 5.56 Å². The van der Waals surface area contributed by atoms with Gasteiger partial charge in [0.2, 0.25) is 0 Å². The third-order valence-electron chi connectivity index (χ3n) is 2.82. The van der Waals surface area contributed by atoms with Crippen LogP contribution in [0.15, 0.2) is 42.5 Å². The molecule has 0 heterocycles. The lowest BCUT2D eigenvalue weighted by molar-refractivity contribution is -0.137. The zero-order valence-electron chi connectivity index (χ0n) is 11.8. The fraction of sp³-hybridized carbons (Fsp3) is 0.0625. The van der Waals surface area contributed by atoms with Gasteiger partial charge in [-0.05, 0) is 35.9 Å². The molecule has 2 aromatic carbocycles. The van der Waals surface area contributed by atoms with E-state index in [0.717, 1.165) is 18.2 Å². The second-order valence-corrected chi connectivity index (χ2v) is 5.43. The summed E-state index contributed by atoms with van der Waals surface area (Å²) in [6.07, 6.45) is -2.30. The van der Waals surface area contributed by atoms with E-state index in [2.05, 4.69) is 0 Å². The number of hydrogen-bond donors (Lipinski definition) is 1. The highest BCUT2D eigenvalue weighted by Crippen LogP contribution is 2.41. The molecular formula is C16H9Cl2F3O3. The zero-order chi connectivity index (χ0) is 17.9. The smallest absolute Gasteiger partial charge is 0.416 e. The summed E-state index contributed by atoms with van der Waals surface area (Å²) >= 11 is 11.7. The Bertz CT molecular complexity index is 778. The number of benzene rings is 2. The summed E-state index contributed by atoms with van der Waals surface area (Å²) in [6.45, 7) is 0. The van der Waals surface area contributed by atoms with Crippen LogP contribution < -0.4 is 4.74 Å². The Kier molecular flexibility index (Phi) is 5.41. The first kappa shape index (κ1) is 18.2. The molecule has 0 spiro atoms. The Morgan fingerprint density at radius 2 is 1.75 bits per heavy atom. The molecule has 2 rings (SSSR count). The largest absolute Gasteiger partial charge is 0.478 e. The minimum atomic E-state index is -4.58. The number of rotatable bonds is 4. The molecular weight excluding hydrogens is 368 g/mol. The zero-order valence-corrected chi connectivity index (χ0v) is 13.3. The number of ether oxygens (including phenoxy) is 1. The molecule has 126 valence electrons. The Hall–Kier alpha value is -2.18. The van der Waals surface area contributed by atoms with Crippen LogP contribution in [0.4, 0.5) is 13.2 Å². The number of carboxylic acid groups (broad SMARTS) is 1. The lowest BCUT2D eigenvalue weighted by Gasteiger charge is -2.13. The van der Waals surface area contributed by atoms with Gasteiger partial charge >= 0.3 is 12.1 Å². The first-order valence-corrected chi connectivity index (χ1v) is 7.17. The molecule has 0 saturated heterocycles. The van der Waals surface area contributed by atoms with Crippen molar-refractivity contribution in [2.75, 3.05) is 0 Å². The summed E-state index contributed by atoms with van der Waals surface area (Å²) in [5, 5.41) is 8.02. The molecule has 0 amide bonds. The Labute approximate surface area is 144 Å². The van der Waals surface area contributed by atoms with Crippen molar-refractivity contribution in [2.24, 2.45) is 0 Å². The van der Waals surface area contributed by atoms with E-state index in [-0.39, 0.29) is 21.5 Å². The molecule has 0 fully saturated rings. The molecule has 2 aromatic rings. The van der Waals surface area contributed by atoms with E-state index in [9.17, 15) is 18.0 Å². The number of halogens is 5. The predicted octanol–water partition coefficient (Wildman–Crippen LogP) is 5.90. The topological polar surface area (TPSA) is 46.5 Å². The molecule has 1 N–H and O–H groups in total. The predicted molar refractivity (Wildman–Crippen MR) is 84.6 cm³/mol. The van der Waals surface area contributed by atoms with Crippen molar-refractivity contribution in [3.8, 4) is 11.5 Å². The quantitative estimate of drug-likeness (QED) is 0.675. The molecule has 3 nitrogen and oxygen atoms in total. The normalized spacial score (nSPS) is 11.7. The van der Waals surface area contributed by atoms with Gasteiger partial charge in [0.1, 0.15) is 5.75 Å². The maximum atomic E-state index is 12.7. The van der Waals surface area contributed by atoms with Gasteiger partial charge in [0.15, 0.2) is 5.75 Å². The minimum Gasteiger partial charge on any atom is -0.478 e. The molecule has 0 saturated carbocycles. The van der Waals surface area contributed by atoms with Gasteiger partial charge in [-0.2, -0.15) is 13.2 Å². The van der Waals surface area contributed by atoms with Crippen LogP contribution in [0.5, 0.6) is 11.5 Å². The molecule has 0 aliphatic heterocycles. The second kappa shape index (κ2) is 7.15. The van der Waals surface area contributed by atoms with E-state index in [1.807, 2.05) is 0 Å². The van der Waals surface area contributed by atoms with Crippen molar-refractivity contribution in [3.05, 3.63) is 63.6 Å². The third-order valence-corrected chi connectivity index (χ3v) is 3.38. The standard InChI is InChI=1S/C16H9Cl2F3O3/c17-12-7-10(16(19,20)21)8-13(18)15(12)24-11-3-1-2-9(6-11)4-5-14(22)23/h1-8H,(H,22,23)/b5-4+. The molecule has 0 bridgehead atoms. The lowest BCUT2D eigenvalue weighted by atomic mass is 10.2. The van der Waals surface area contributed by atoms with Crippen LogP contribution in [0.25, 0.3) is 6.08 Å². The third kappa shape index (κ3) is 4.66. The summed E-state index contributed by atoms with van der Waals surface area (Å²) in [7, 11) is 0. The fourth-order valence-corrected chi connectivity index (χ4v) is 2.35. The minimum absolute atomic E-state index is 0.120. The van der Waals surface area contributed by atoms with Gasteiger partial charge in [0.05, 0.1) is 15.6 Å². The molecule has 0 aliphatic rings. The van der Waals surface area contributed by atoms with Gasteiger partial charge < -0.3 is 9.84 Å². The first-order chi connectivity index (χ1) is 11.2. The van der Waals surface area contributed by atoms with Gasteiger partial charge in [-0.25, -0.2) is 4.79 Å². The SMILES string of the molecule is O=C(O)/C=C/c1cccc(Oc2c(Cl)cc(C(F)(F)F)cc2Cl)c1. The lowest BCUT2D eigenvalue weighted by Crippen LogP contribution is -2.05. The van der Waals surface area contributed by atoms with Gasteiger partial charge in [-0.3, -0.25) is 0 Å². The van der Waals surface area contributed by atoms with Crippen molar-refractivity contribution in [1.29, 1.82) is 0 Å². The molecule has 0 atom stereocenters. The van der Waals surface area contributed by atoms with Gasteiger partial charge in [-0.1, -0.05) is 35.3 Å². The summed E-state index contributed by atoms with van der Waals surface area (Å²) in [6, 6.07) is 7.67. The van der Waals surface area contributed by atoms with Crippen molar-refractivity contribution >= 4 is 35.2 Å². The fourth-order valence-electron chi connectivity index (χ4n) is 1.79. The second-order valence-electron chi connectivity index (χ2n) is 4.61. The van der Waals surface area contributed by atoms with Gasteiger partial charge in [-0.15, -0.1) is 0 Å². The summed E-state index contributed by atoms with van der Waals surface area (Å²) in [5.74, 6) is -0.994. The van der Waals surface area contributed by atoms with Crippen LogP contribution in [0.3, 0.4) is 0 Å². The van der Waals surface area contributed by atoms with Crippen molar-refractivity contribution < 1.29 is 27.8 Å². The average Bonchev–Trinajstić information content (AvgIpc) is 2.48. The van der Waals surface area contributed by atoms with Crippen LogP contribution in [0.1, 0.15) is 11.1 Å². The average molecular weight is 377 g/mol. The van der Waals surface area contributed by atoms with Crippen LogP contribution >= 0.6 is 23.2 Å². The summed E-state index contributed by atoms with van der Waals surface area (Å²) in [4.78, 5) is 10.5. The maximum Gasteiger partial charge on any atom is 0.416 e. The molecule has 0 aromatic heterocycles.